The monoisotopic (exact) mass is 454 g/mol. The Kier molecular flexibility index (Phi) is 5.75. The molecule has 1 aromatic carbocycles. The molecule has 0 saturated carbocycles. The standard InChI is InChI=1S/C20H18ClF3N4OS/c21-17-16(18(29)25-9-8-12-5-2-1-3-6-12)27-19-26-13(14-7-4-10-30-14)11-15(28(17)19)20(22,23)24/h1-7,10,13,15H,8-9,11H2,(H,25,29)(H,26,27)/t13-,15-/m1/s1. The molecule has 0 radical (unpaired) electrons. The van der Waals surface area contributed by atoms with Gasteiger partial charge < -0.3 is 10.6 Å². The summed E-state index contributed by atoms with van der Waals surface area (Å²) in [6, 6.07) is 10.7. The molecule has 30 heavy (non-hydrogen) atoms. The number of halogens is 4. The molecular weight excluding hydrogens is 437 g/mol. The summed E-state index contributed by atoms with van der Waals surface area (Å²) in [7, 11) is 0. The van der Waals surface area contributed by atoms with Crippen LogP contribution in [0.3, 0.4) is 0 Å². The summed E-state index contributed by atoms with van der Waals surface area (Å²) in [5.74, 6) is -0.659. The molecule has 1 aliphatic rings. The van der Waals surface area contributed by atoms with Gasteiger partial charge in [-0.1, -0.05) is 48.0 Å². The van der Waals surface area contributed by atoms with Crippen LogP contribution in [0.2, 0.25) is 5.15 Å². The van der Waals surface area contributed by atoms with Crippen molar-refractivity contribution < 1.29 is 18.0 Å². The van der Waals surface area contributed by atoms with E-state index in [4.69, 9.17) is 11.6 Å². The molecule has 0 aliphatic carbocycles. The van der Waals surface area contributed by atoms with E-state index in [1.807, 2.05) is 30.3 Å². The molecule has 4 rings (SSSR count). The fourth-order valence-electron chi connectivity index (χ4n) is 3.49. The average Bonchev–Trinajstić information content (AvgIpc) is 3.36. The smallest absolute Gasteiger partial charge is 0.350 e. The third kappa shape index (κ3) is 4.17. The van der Waals surface area contributed by atoms with Gasteiger partial charge in [0.2, 0.25) is 5.95 Å². The second kappa shape index (κ2) is 8.31. The van der Waals surface area contributed by atoms with Crippen molar-refractivity contribution >= 4 is 34.8 Å². The number of imidazole rings is 1. The summed E-state index contributed by atoms with van der Waals surface area (Å²) in [6.45, 7) is 0.315. The SMILES string of the molecule is O=C(NCCc1ccccc1)c1nc2n(c1Cl)[C@@H](C(F)(F)F)C[C@H](c1cccs1)N2. The minimum Gasteiger partial charge on any atom is -0.350 e. The zero-order valence-corrected chi connectivity index (χ0v) is 17.2. The second-order valence-electron chi connectivity index (χ2n) is 6.94. The van der Waals surface area contributed by atoms with Gasteiger partial charge in [-0.05, 0) is 23.4 Å². The first-order valence-electron chi connectivity index (χ1n) is 9.31. The van der Waals surface area contributed by atoms with Crippen LogP contribution in [0, 0.1) is 0 Å². The molecule has 0 saturated heterocycles. The molecule has 158 valence electrons. The van der Waals surface area contributed by atoms with E-state index in [9.17, 15) is 18.0 Å². The molecular formula is C20H18ClF3N4OS. The van der Waals surface area contributed by atoms with Crippen LogP contribution in [-0.2, 0) is 6.42 Å². The lowest BCUT2D eigenvalue weighted by atomic mass is 10.0. The summed E-state index contributed by atoms with van der Waals surface area (Å²) >= 11 is 7.57. The Bertz CT molecular complexity index is 1020. The van der Waals surface area contributed by atoms with Gasteiger partial charge in [0.05, 0.1) is 6.04 Å². The van der Waals surface area contributed by atoms with Gasteiger partial charge in [0.25, 0.3) is 5.91 Å². The summed E-state index contributed by atoms with van der Waals surface area (Å²) in [5.41, 5.74) is 0.818. The first-order valence-corrected chi connectivity index (χ1v) is 10.6. The quantitative estimate of drug-likeness (QED) is 0.555. The Hall–Kier alpha value is -2.52. The van der Waals surface area contributed by atoms with Crippen molar-refractivity contribution in [2.75, 3.05) is 11.9 Å². The maximum Gasteiger partial charge on any atom is 0.409 e. The van der Waals surface area contributed by atoms with Gasteiger partial charge in [-0.3, -0.25) is 9.36 Å². The van der Waals surface area contributed by atoms with Gasteiger partial charge in [-0.2, -0.15) is 13.2 Å². The number of alkyl halides is 3. The maximum atomic E-state index is 13.8. The van der Waals surface area contributed by atoms with Crippen molar-refractivity contribution in [1.29, 1.82) is 0 Å². The van der Waals surface area contributed by atoms with E-state index >= 15 is 0 Å². The van der Waals surface area contributed by atoms with E-state index in [1.54, 1.807) is 17.5 Å². The molecule has 3 aromatic rings. The molecule has 2 atom stereocenters. The largest absolute Gasteiger partial charge is 0.409 e. The number of aromatic nitrogens is 2. The highest BCUT2D eigenvalue weighted by atomic mass is 35.5. The van der Waals surface area contributed by atoms with E-state index in [2.05, 4.69) is 15.6 Å². The number of carbonyl (C=O) groups is 1. The molecule has 0 bridgehead atoms. The number of carbonyl (C=O) groups excluding carboxylic acids is 1. The molecule has 1 aliphatic heterocycles. The van der Waals surface area contributed by atoms with Crippen LogP contribution in [0.15, 0.2) is 47.8 Å². The van der Waals surface area contributed by atoms with Gasteiger partial charge in [0.1, 0.15) is 11.2 Å². The van der Waals surface area contributed by atoms with Crippen LogP contribution in [0.5, 0.6) is 0 Å². The van der Waals surface area contributed by atoms with Gasteiger partial charge in [0.15, 0.2) is 5.69 Å². The fraction of sp³-hybridized carbons (Fsp3) is 0.300. The number of hydrogen-bond donors (Lipinski definition) is 2. The number of anilines is 1. The van der Waals surface area contributed by atoms with E-state index in [0.29, 0.717) is 13.0 Å². The van der Waals surface area contributed by atoms with E-state index < -0.39 is 24.2 Å². The molecule has 3 heterocycles. The number of rotatable bonds is 5. The maximum absolute atomic E-state index is 13.8. The third-order valence-electron chi connectivity index (χ3n) is 4.95. The zero-order valence-electron chi connectivity index (χ0n) is 15.6. The number of hydrogen-bond acceptors (Lipinski definition) is 4. The Morgan fingerprint density at radius 2 is 2.03 bits per heavy atom. The highest BCUT2D eigenvalue weighted by molar-refractivity contribution is 7.10. The molecule has 0 fully saturated rings. The third-order valence-corrected chi connectivity index (χ3v) is 6.30. The Labute approximate surface area is 179 Å². The van der Waals surface area contributed by atoms with E-state index in [-0.39, 0.29) is 23.2 Å². The molecule has 5 nitrogen and oxygen atoms in total. The summed E-state index contributed by atoms with van der Waals surface area (Å²) in [4.78, 5) is 17.4. The van der Waals surface area contributed by atoms with Crippen LogP contribution in [0.1, 0.15) is 39.4 Å². The molecule has 10 heteroatoms. The highest BCUT2D eigenvalue weighted by Gasteiger charge is 2.48. The summed E-state index contributed by atoms with van der Waals surface area (Å²) in [5, 5.41) is 7.17. The lowest BCUT2D eigenvalue weighted by Crippen LogP contribution is -2.35. The number of fused-ring (bicyclic) bond motifs is 1. The van der Waals surface area contributed by atoms with Crippen LogP contribution >= 0.6 is 22.9 Å². The second-order valence-corrected chi connectivity index (χ2v) is 8.28. The minimum atomic E-state index is -4.53. The van der Waals surface area contributed by atoms with Crippen LogP contribution in [-0.4, -0.2) is 28.2 Å². The molecule has 0 unspecified atom stereocenters. The number of amides is 1. The number of benzene rings is 1. The van der Waals surface area contributed by atoms with Crippen molar-refractivity contribution in [1.82, 2.24) is 14.9 Å². The van der Waals surface area contributed by atoms with E-state index in [0.717, 1.165) is 15.0 Å². The van der Waals surface area contributed by atoms with Crippen molar-refractivity contribution in [3.8, 4) is 0 Å². The van der Waals surface area contributed by atoms with Gasteiger partial charge in [0, 0.05) is 17.8 Å². The minimum absolute atomic E-state index is 0.0554. The first-order chi connectivity index (χ1) is 14.3. The van der Waals surface area contributed by atoms with Gasteiger partial charge >= 0.3 is 6.18 Å². The fourth-order valence-corrected chi connectivity index (χ4v) is 4.61. The Morgan fingerprint density at radius 1 is 1.27 bits per heavy atom. The summed E-state index contributed by atoms with van der Waals surface area (Å²) < 4.78 is 42.2. The van der Waals surface area contributed by atoms with Gasteiger partial charge in [-0.25, -0.2) is 4.98 Å². The van der Waals surface area contributed by atoms with E-state index in [1.165, 1.54) is 11.3 Å². The number of nitrogens with one attached hydrogen (secondary N) is 2. The zero-order chi connectivity index (χ0) is 21.3. The highest BCUT2D eigenvalue weighted by Crippen LogP contribution is 2.46. The predicted octanol–water partition coefficient (Wildman–Crippen LogP) is 5.23. The number of thiophene rings is 1. The first kappa shape index (κ1) is 20.7. The normalized spacial score (nSPS) is 18.5. The van der Waals surface area contributed by atoms with Crippen molar-refractivity contribution in [3.63, 3.8) is 0 Å². The lowest BCUT2D eigenvalue weighted by Gasteiger charge is -2.33. The molecule has 2 aromatic heterocycles. The Balaban J connectivity index is 1.56. The number of nitrogens with zero attached hydrogens (tertiary/aromatic N) is 2. The molecule has 1 amide bonds. The van der Waals surface area contributed by atoms with Crippen molar-refractivity contribution in [3.05, 3.63) is 69.1 Å². The lowest BCUT2D eigenvalue weighted by molar-refractivity contribution is -0.171. The van der Waals surface area contributed by atoms with Crippen LogP contribution in [0.25, 0.3) is 0 Å². The molecule has 2 N–H and O–H groups in total. The summed E-state index contributed by atoms with van der Waals surface area (Å²) in [6.07, 6.45) is -4.18. The van der Waals surface area contributed by atoms with Crippen molar-refractivity contribution in [2.24, 2.45) is 0 Å². The predicted molar refractivity (Wildman–Crippen MR) is 110 cm³/mol. The van der Waals surface area contributed by atoms with Crippen LogP contribution in [0.4, 0.5) is 19.1 Å². The van der Waals surface area contributed by atoms with Gasteiger partial charge in [-0.15, -0.1) is 11.3 Å². The Morgan fingerprint density at radius 3 is 2.70 bits per heavy atom. The molecule has 0 spiro atoms. The van der Waals surface area contributed by atoms with Crippen LogP contribution < -0.4 is 10.6 Å². The van der Waals surface area contributed by atoms with Crippen molar-refractivity contribution in [2.45, 2.75) is 31.1 Å². The topological polar surface area (TPSA) is 59.0 Å². The average molecular weight is 455 g/mol.